The van der Waals surface area contributed by atoms with E-state index in [-0.39, 0.29) is 18.0 Å². The van der Waals surface area contributed by atoms with Gasteiger partial charge >= 0.3 is 0 Å². The standard InChI is InChI=1S/C12H11IN4O2/c13-10-5-15-7-17(12(10)19)6-11(18)16-9-3-1-8(14)2-4-9/h1-5,7H,6,14H2,(H,16,18). The van der Waals surface area contributed by atoms with Gasteiger partial charge in [-0.3, -0.25) is 14.2 Å². The van der Waals surface area contributed by atoms with E-state index in [1.165, 1.54) is 17.1 Å². The summed E-state index contributed by atoms with van der Waals surface area (Å²) in [6, 6.07) is 6.77. The molecule has 3 N–H and O–H groups in total. The zero-order chi connectivity index (χ0) is 13.8. The van der Waals surface area contributed by atoms with E-state index in [0.29, 0.717) is 14.9 Å². The summed E-state index contributed by atoms with van der Waals surface area (Å²) in [6.45, 7) is -0.0763. The van der Waals surface area contributed by atoms with Gasteiger partial charge in [-0.05, 0) is 46.9 Å². The molecule has 0 aliphatic heterocycles. The van der Waals surface area contributed by atoms with Crippen molar-refractivity contribution in [2.45, 2.75) is 6.54 Å². The number of nitrogens with zero attached hydrogens (tertiary/aromatic N) is 2. The number of anilines is 2. The van der Waals surface area contributed by atoms with Crippen LogP contribution in [0.1, 0.15) is 0 Å². The van der Waals surface area contributed by atoms with Crippen molar-refractivity contribution in [3.63, 3.8) is 0 Å². The lowest BCUT2D eigenvalue weighted by Gasteiger charge is -2.07. The number of benzene rings is 1. The minimum absolute atomic E-state index is 0.0763. The molecule has 0 fully saturated rings. The van der Waals surface area contributed by atoms with Crippen LogP contribution in [-0.2, 0) is 11.3 Å². The number of amides is 1. The quantitative estimate of drug-likeness (QED) is 0.625. The Morgan fingerprint density at radius 3 is 2.74 bits per heavy atom. The van der Waals surface area contributed by atoms with E-state index in [1.54, 1.807) is 24.3 Å². The number of nitrogens with two attached hydrogens (primary N) is 1. The van der Waals surface area contributed by atoms with Gasteiger partial charge in [0.05, 0.1) is 9.90 Å². The predicted molar refractivity (Wildman–Crippen MR) is 80.7 cm³/mol. The normalized spacial score (nSPS) is 10.2. The molecule has 0 saturated heterocycles. The lowest BCUT2D eigenvalue weighted by atomic mass is 10.3. The van der Waals surface area contributed by atoms with Crippen LogP contribution >= 0.6 is 22.6 Å². The molecule has 2 rings (SSSR count). The molecule has 6 nitrogen and oxygen atoms in total. The van der Waals surface area contributed by atoms with Crippen molar-refractivity contribution in [3.05, 3.63) is 50.7 Å². The van der Waals surface area contributed by atoms with Crippen molar-refractivity contribution in [1.29, 1.82) is 0 Å². The third-order valence-electron chi connectivity index (χ3n) is 2.37. The fraction of sp³-hybridized carbons (Fsp3) is 0.0833. The number of halogens is 1. The van der Waals surface area contributed by atoms with E-state index in [2.05, 4.69) is 10.3 Å². The van der Waals surface area contributed by atoms with Crippen LogP contribution in [0.5, 0.6) is 0 Å². The highest BCUT2D eigenvalue weighted by atomic mass is 127. The number of aromatic nitrogens is 2. The number of rotatable bonds is 3. The average Bonchev–Trinajstić information content (AvgIpc) is 2.38. The smallest absolute Gasteiger partial charge is 0.267 e. The molecular formula is C12H11IN4O2. The summed E-state index contributed by atoms with van der Waals surface area (Å²) in [7, 11) is 0. The highest BCUT2D eigenvalue weighted by molar-refractivity contribution is 14.1. The summed E-state index contributed by atoms with van der Waals surface area (Å²) in [4.78, 5) is 27.4. The lowest BCUT2D eigenvalue weighted by molar-refractivity contribution is -0.116. The largest absolute Gasteiger partial charge is 0.399 e. The van der Waals surface area contributed by atoms with Crippen LogP contribution in [0.4, 0.5) is 11.4 Å². The zero-order valence-electron chi connectivity index (χ0n) is 9.84. The molecule has 2 aromatic rings. The van der Waals surface area contributed by atoms with Crippen LogP contribution in [0, 0.1) is 3.57 Å². The summed E-state index contributed by atoms with van der Waals surface area (Å²) in [5, 5.41) is 2.68. The second kappa shape index (κ2) is 5.83. The van der Waals surface area contributed by atoms with Gasteiger partial charge in [0, 0.05) is 17.6 Å². The summed E-state index contributed by atoms with van der Waals surface area (Å²) in [5.41, 5.74) is 6.57. The first-order valence-corrected chi connectivity index (χ1v) is 6.49. The molecule has 98 valence electrons. The van der Waals surface area contributed by atoms with Gasteiger partial charge in [-0.25, -0.2) is 4.98 Å². The van der Waals surface area contributed by atoms with Crippen LogP contribution in [0.25, 0.3) is 0 Å². The fourth-order valence-electron chi connectivity index (χ4n) is 1.46. The first kappa shape index (κ1) is 13.5. The summed E-state index contributed by atoms with van der Waals surface area (Å²) >= 11 is 1.88. The summed E-state index contributed by atoms with van der Waals surface area (Å²) < 4.78 is 1.73. The van der Waals surface area contributed by atoms with E-state index in [9.17, 15) is 9.59 Å². The molecule has 0 radical (unpaired) electrons. The highest BCUT2D eigenvalue weighted by Gasteiger charge is 2.07. The molecule has 0 aliphatic rings. The number of hydrogen-bond donors (Lipinski definition) is 2. The van der Waals surface area contributed by atoms with E-state index in [4.69, 9.17) is 5.73 Å². The SMILES string of the molecule is Nc1ccc(NC(=O)Cn2cncc(I)c2=O)cc1. The zero-order valence-corrected chi connectivity index (χ0v) is 12.0. The maximum Gasteiger partial charge on any atom is 0.267 e. The van der Waals surface area contributed by atoms with Crippen molar-refractivity contribution in [3.8, 4) is 0 Å². The molecule has 0 unspecified atom stereocenters. The predicted octanol–water partition coefficient (Wildman–Crippen LogP) is 1.07. The molecule has 0 saturated carbocycles. The van der Waals surface area contributed by atoms with Crippen LogP contribution in [0.15, 0.2) is 41.6 Å². The van der Waals surface area contributed by atoms with E-state index < -0.39 is 0 Å². The fourth-order valence-corrected chi connectivity index (χ4v) is 1.93. The average molecular weight is 370 g/mol. The Labute approximate surface area is 122 Å². The first-order valence-electron chi connectivity index (χ1n) is 5.41. The third kappa shape index (κ3) is 3.53. The van der Waals surface area contributed by atoms with E-state index in [1.807, 2.05) is 22.6 Å². The van der Waals surface area contributed by atoms with Crippen molar-refractivity contribution in [2.24, 2.45) is 0 Å². The molecule has 1 amide bonds. The Morgan fingerprint density at radius 1 is 1.37 bits per heavy atom. The first-order chi connectivity index (χ1) is 9.06. The van der Waals surface area contributed by atoms with Crippen molar-refractivity contribution in [2.75, 3.05) is 11.1 Å². The Kier molecular flexibility index (Phi) is 4.15. The van der Waals surface area contributed by atoms with Crippen molar-refractivity contribution < 1.29 is 4.79 Å². The lowest BCUT2D eigenvalue weighted by Crippen LogP contribution is -2.29. The van der Waals surface area contributed by atoms with Gasteiger partial charge in [0.2, 0.25) is 5.91 Å². The third-order valence-corrected chi connectivity index (χ3v) is 3.11. The highest BCUT2D eigenvalue weighted by Crippen LogP contribution is 2.10. The molecule has 1 aromatic carbocycles. The molecular weight excluding hydrogens is 359 g/mol. The Balaban J connectivity index is 2.07. The van der Waals surface area contributed by atoms with Crippen molar-refractivity contribution in [1.82, 2.24) is 9.55 Å². The van der Waals surface area contributed by atoms with Crippen LogP contribution in [0.2, 0.25) is 0 Å². The van der Waals surface area contributed by atoms with Gasteiger partial charge in [0.25, 0.3) is 5.56 Å². The van der Waals surface area contributed by atoms with Gasteiger partial charge in [0.15, 0.2) is 0 Å². The van der Waals surface area contributed by atoms with Crippen LogP contribution in [0.3, 0.4) is 0 Å². The number of hydrogen-bond acceptors (Lipinski definition) is 4. The Morgan fingerprint density at radius 2 is 2.05 bits per heavy atom. The second-order valence-corrected chi connectivity index (χ2v) is 5.01. The maximum atomic E-state index is 11.8. The van der Waals surface area contributed by atoms with Gasteiger partial charge < -0.3 is 11.1 Å². The Hall–Kier alpha value is -1.90. The number of carbonyl (C=O) groups excluding carboxylic acids is 1. The summed E-state index contributed by atoms with van der Waals surface area (Å²) in [6.07, 6.45) is 2.80. The van der Waals surface area contributed by atoms with Crippen molar-refractivity contribution >= 4 is 39.9 Å². The van der Waals surface area contributed by atoms with Crippen LogP contribution < -0.4 is 16.6 Å². The number of carbonyl (C=O) groups is 1. The maximum absolute atomic E-state index is 11.8. The molecule has 0 bridgehead atoms. The second-order valence-electron chi connectivity index (χ2n) is 3.84. The number of nitrogen functional groups attached to an aromatic ring is 1. The number of nitrogens with one attached hydrogen (secondary N) is 1. The van der Waals surface area contributed by atoms with E-state index >= 15 is 0 Å². The molecule has 0 atom stereocenters. The molecule has 7 heteroatoms. The van der Waals surface area contributed by atoms with E-state index in [0.717, 1.165) is 0 Å². The molecule has 1 heterocycles. The molecule has 0 spiro atoms. The topological polar surface area (TPSA) is 90.0 Å². The van der Waals surface area contributed by atoms with Gasteiger partial charge in [-0.15, -0.1) is 0 Å². The summed E-state index contributed by atoms with van der Waals surface area (Å²) in [5.74, 6) is -0.296. The van der Waals surface area contributed by atoms with Crippen LogP contribution in [-0.4, -0.2) is 15.5 Å². The van der Waals surface area contributed by atoms with Gasteiger partial charge in [-0.1, -0.05) is 0 Å². The molecule has 0 aliphatic carbocycles. The van der Waals surface area contributed by atoms with Gasteiger partial charge in [-0.2, -0.15) is 0 Å². The Bertz CT molecular complexity index is 652. The van der Waals surface area contributed by atoms with Gasteiger partial charge in [0.1, 0.15) is 6.54 Å². The molecule has 1 aromatic heterocycles. The monoisotopic (exact) mass is 370 g/mol. The minimum Gasteiger partial charge on any atom is -0.399 e. The molecule has 19 heavy (non-hydrogen) atoms. The minimum atomic E-state index is -0.296.